The van der Waals surface area contributed by atoms with Crippen molar-refractivity contribution in [1.82, 2.24) is 9.13 Å². The van der Waals surface area contributed by atoms with Crippen LogP contribution in [0.5, 0.6) is 0 Å². The number of rotatable bonds is 5. The SMILES string of the molecule is CC(C)(C)c1ccc(N(c2ccc(-n3c4ccccc4c4ccccc43)cc2)c2ccc(-n3c4cc(Br)ccc4c4c5ccccc5ccc43)cc2)cc1. The van der Waals surface area contributed by atoms with Crippen LogP contribution in [0.4, 0.5) is 17.1 Å². The second-order valence-electron chi connectivity index (χ2n) is 15.2. The van der Waals surface area contributed by atoms with Crippen LogP contribution < -0.4 is 4.90 Å². The molecule has 10 aromatic rings. The lowest BCUT2D eigenvalue weighted by molar-refractivity contribution is 0.590. The molecule has 0 N–H and O–H groups in total. The highest BCUT2D eigenvalue weighted by Crippen LogP contribution is 2.41. The zero-order chi connectivity index (χ0) is 36.6. The van der Waals surface area contributed by atoms with Gasteiger partial charge in [0.25, 0.3) is 0 Å². The quantitative estimate of drug-likeness (QED) is 0.170. The van der Waals surface area contributed by atoms with E-state index in [9.17, 15) is 0 Å². The molecule has 54 heavy (non-hydrogen) atoms. The van der Waals surface area contributed by atoms with E-state index in [1.165, 1.54) is 59.9 Å². The lowest BCUT2D eigenvalue weighted by atomic mass is 9.87. The molecule has 0 radical (unpaired) electrons. The molecule has 8 aromatic carbocycles. The number of halogens is 1. The molecule has 0 unspecified atom stereocenters. The van der Waals surface area contributed by atoms with Crippen LogP contribution in [-0.2, 0) is 5.41 Å². The lowest BCUT2D eigenvalue weighted by Crippen LogP contribution is -2.13. The van der Waals surface area contributed by atoms with E-state index >= 15 is 0 Å². The molecular formula is C50H38BrN3. The van der Waals surface area contributed by atoms with E-state index in [2.05, 4.69) is 227 Å². The average molecular weight is 761 g/mol. The number of aromatic nitrogens is 2. The molecule has 260 valence electrons. The third kappa shape index (κ3) is 5.24. The van der Waals surface area contributed by atoms with Gasteiger partial charge in [0, 0.05) is 54.5 Å². The summed E-state index contributed by atoms with van der Waals surface area (Å²) in [7, 11) is 0. The Balaban J connectivity index is 1.11. The maximum Gasteiger partial charge on any atom is 0.0552 e. The molecule has 0 saturated carbocycles. The number of anilines is 3. The Labute approximate surface area is 323 Å². The van der Waals surface area contributed by atoms with Gasteiger partial charge in [0.2, 0.25) is 0 Å². The second-order valence-corrected chi connectivity index (χ2v) is 16.1. The van der Waals surface area contributed by atoms with Crippen molar-refractivity contribution >= 4 is 87.4 Å². The fraction of sp³-hybridized carbons (Fsp3) is 0.0800. The second kappa shape index (κ2) is 12.5. The summed E-state index contributed by atoms with van der Waals surface area (Å²) in [6, 6.07) is 64.2. The molecular weight excluding hydrogens is 722 g/mol. The largest absolute Gasteiger partial charge is 0.311 e. The van der Waals surface area contributed by atoms with Crippen molar-refractivity contribution in [1.29, 1.82) is 0 Å². The van der Waals surface area contributed by atoms with Gasteiger partial charge in [0.1, 0.15) is 0 Å². The zero-order valence-corrected chi connectivity index (χ0v) is 32.0. The maximum atomic E-state index is 3.77. The van der Waals surface area contributed by atoms with Crippen LogP contribution in [0.3, 0.4) is 0 Å². The Morgan fingerprint density at radius 2 is 0.926 bits per heavy atom. The Kier molecular flexibility index (Phi) is 7.53. The Morgan fingerprint density at radius 1 is 0.426 bits per heavy atom. The normalized spacial score (nSPS) is 12.1. The van der Waals surface area contributed by atoms with E-state index in [1.54, 1.807) is 0 Å². The third-order valence-electron chi connectivity index (χ3n) is 10.9. The topological polar surface area (TPSA) is 13.1 Å². The monoisotopic (exact) mass is 759 g/mol. The van der Waals surface area contributed by atoms with Gasteiger partial charge in [-0.25, -0.2) is 0 Å². The summed E-state index contributed by atoms with van der Waals surface area (Å²) >= 11 is 3.77. The summed E-state index contributed by atoms with van der Waals surface area (Å²) in [6.45, 7) is 6.80. The van der Waals surface area contributed by atoms with Crippen LogP contribution in [0.15, 0.2) is 180 Å². The van der Waals surface area contributed by atoms with Crippen molar-refractivity contribution in [2.75, 3.05) is 4.90 Å². The summed E-state index contributed by atoms with van der Waals surface area (Å²) in [5.74, 6) is 0. The predicted molar refractivity (Wildman–Crippen MR) is 234 cm³/mol. The number of nitrogens with zero attached hydrogens (tertiary/aromatic N) is 3. The van der Waals surface area contributed by atoms with Crippen molar-refractivity contribution in [3.05, 3.63) is 186 Å². The van der Waals surface area contributed by atoms with Gasteiger partial charge in [-0.3, -0.25) is 0 Å². The van der Waals surface area contributed by atoms with Crippen LogP contribution in [0.25, 0.3) is 65.8 Å². The van der Waals surface area contributed by atoms with Crippen molar-refractivity contribution in [3.63, 3.8) is 0 Å². The Bertz CT molecular complexity index is 2960. The molecule has 0 bridgehead atoms. The maximum absolute atomic E-state index is 3.77. The van der Waals surface area contributed by atoms with Crippen molar-refractivity contribution in [2.24, 2.45) is 0 Å². The summed E-state index contributed by atoms with van der Waals surface area (Å²) in [4.78, 5) is 2.36. The van der Waals surface area contributed by atoms with Crippen LogP contribution in [0, 0.1) is 0 Å². The smallest absolute Gasteiger partial charge is 0.0552 e. The number of benzene rings is 8. The standard InChI is InChI=1S/C50H38BrN3/c1-50(2,3)34-17-20-36(21-18-34)52(37-22-26-39(27-23-37)53-45-14-8-6-12-42(45)43-13-7-9-15-46(43)53)38-24-28-40(29-25-38)54-47-31-16-33-10-4-5-11-41(33)49(47)44-30-19-35(51)32-48(44)54/h4-32H,1-3H3. The minimum atomic E-state index is 0.0671. The lowest BCUT2D eigenvalue weighted by Gasteiger charge is -2.27. The fourth-order valence-corrected chi connectivity index (χ4v) is 8.65. The van der Waals surface area contributed by atoms with Crippen LogP contribution >= 0.6 is 15.9 Å². The first-order valence-corrected chi connectivity index (χ1v) is 19.3. The van der Waals surface area contributed by atoms with Crippen molar-refractivity contribution < 1.29 is 0 Å². The third-order valence-corrected chi connectivity index (χ3v) is 11.4. The van der Waals surface area contributed by atoms with Gasteiger partial charge in [-0.1, -0.05) is 122 Å². The summed E-state index contributed by atoms with van der Waals surface area (Å²) in [5.41, 5.74) is 11.8. The van der Waals surface area contributed by atoms with E-state index in [4.69, 9.17) is 0 Å². The number of fused-ring (bicyclic) bond motifs is 8. The predicted octanol–water partition coefficient (Wildman–Crippen LogP) is 14.6. The first kappa shape index (κ1) is 32.5. The number of hydrogen-bond acceptors (Lipinski definition) is 1. The van der Waals surface area contributed by atoms with Gasteiger partial charge < -0.3 is 14.0 Å². The summed E-state index contributed by atoms with van der Waals surface area (Å²) in [5, 5.41) is 7.58. The molecule has 0 atom stereocenters. The average Bonchev–Trinajstić information content (AvgIpc) is 3.71. The molecule has 4 heteroatoms. The first-order chi connectivity index (χ1) is 26.3. The number of hydrogen-bond donors (Lipinski definition) is 0. The molecule has 0 saturated heterocycles. The highest BCUT2D eigenvalue weighted by atomic mass is 79.9. The van der Waals surface area contributed by atoms with Crippen molar-refractivity contribution in [2.45, 2.75) is 26.2 Å². The Morgan fingerprint density at radius 3 is 1.50 bits per heavy atom. The van der Waals surface area contributed by atoms with Gasteiger partial charge in [-0.05, 0) is 113 Å². The molecule has 3 nitrogen and oxygen atoms in total. The number of para-hydroxylation sites is 2. The molecule has 10 rings (SSSR count). The minimum Gasteiger partial charge on any atom is -0.311 e. The van der Waals surface area contributed by atoms with Crippen LogP contribution in [0.1, 0.15) is 26.3 Å². The van der Waals surface area contributed by atoms with E-state index in [0.29, 0.717) is 0 Å². The van der Waals surface area contributed by atoms with Crippen LogP contribution in [0.2, 0.25) is 0 Å². The molecule has 0 aliphatic rings. The highest BCUT2D eigenvalue weighted by Gasteiger charge is 2.19. The van der Waals surface area contributed by atoms with Gasteiger partial charge in [-0.2, -0.15) is 0 Å². The zero-order valence-electron chi connectivity index (χ0n) is 30.5. The van der Waals surface area contributed by atoms with E-state index in [-0.39, 0.29) is 5.41 Å². The highest BCUT2D eigenvalue weighted by molar-refractivity contribution is 9.10. The summed E-state index contributed by atoms with van der Waals surface area (Å²) < 4.78 is 5.84. The molecule has 0 aliphatic carbocycles. The first-order valence-electron chi connectivity index (χ1n) is 18.5. The van der Waals surface area contributed by atoms with Gasteiger partial charge >= 0.3 is 0 Å². The Hall–Kier alpha value is -6.10. The summed E-state index contributed by atoms with van der Waals surface area (Å²) in [6.07, 6.45) is 0. The van der Waals surface area contributed by atoms with E-state index in [1.807, 2.05) is 0 Å². The van der Waals surface area contributed by atoms with Gasteiger partial charge in [0.05, 0.1) is 22.1 Å². The van der Waals surface area contributed by atoms with Crippen molar-refractivity contribution in [3.8, 4) is 11.4 Å². The van der Waals surface area contributed by atoms with Gasteiger partial charge in [0.15, 0.2) is 0 Å². The molecule has 0 spiro atoms. The van der Waals surface area contributed by atoms with Gasteiger partial charge in [-0.15, -0.1) is 0 Å². The molecule has 0 fully saturated rings. The molecule has 2 heterocycles. The fourth-order valence-electron chi connectivity index (χ4n) is 8.30. The molecule has 0 amide bonds. The molecule has 0 aliphatic heterocycles. The van der Waals surface area contributed by atoms with Crippen LogP contribution in [-0.4, -0.2) is 9.13 Å². The van der Waals surface area contributed by atoms with E-state index < -0.39 is 0 Å². The molecule has 2 aromatic heterocycles. The minimum absolute atomic E-state index is 0.0671. The van der Waals surface area contributed by atoms with E-state index in [0.717, 1.165) is 32.9 Å².